The minimum Gasteiger partial charge on any atom is -0.343 e. The lowest BCUT2D eigenvalue weighted by atomic mass is 9.71. The molecule has 0 aromatic heterocycles. The number of carbonyl (C=O) groups excluding carboxylic acids is 1. The number of terminal acetylenes is 1. The Balaban J connectivity index is 1.41. The zero-order chi connectivity index (χ0) is 16.3. The van der Waals surface area contributed by atoms with E-state index in [1.165, 1.54) is 38.8 Å². The molecule has 126 valence electrons. The molecule has 5 heteroatoms. The van der Waals surface area contributed by atoms with E-state index in [1.807, 2.05) is 0 Å². The van der Waals surface area contributed by atoms with Crippen molar-refractivity contribution < 1.29 is 4.79 Å². The maximum atomic E-state index is 12.5. The molecule has 0 aliphatic carbocycles. The van der Waals surface area contributed by atoms with E-state index >= 15 is 0 Å². The van der Waals surface area contributed by atoms with Gasteiger partial charge < -0.3 is 9.80 Å². The van der Waals surface area contributed by atoms with Gasteiger partial charge in [-0.15, -0.1) is 12.3 Å². The van der Waals surface area contributed by atoms with Gasteiger partial charge in [-0.1, -0.05) is 0 Å². The van der Waals surface area contributed by atoms with Crippen LogP contribution >= 0.6 is 0 Å². The van der Waals surface area contributed by atoms with E-state index in [2.05, 4.69) is 33.0 Å². The van der Waals surface area contributed by atoms with Gasteiger partial charge in [0.25, 0.3) is 0 Å². The molecular weight excluding hydrogens is 288 g/mol. The lowest BCUT2D eigenvalue weighted by Crippen LogP contribution is -2.47. The van der Waals surface area contributed by atoms with Crippen molar-refractivity contribution in [2.75, 3.05) is 33.2 Å². The lowest BCUT2D eigenvalue weighted by molar-refractivity contribution is -0.134. The average molecular weight is 316 g/mol. The highest BCUT2D eigenvalue weighted by Gasteiger charge is 2.41. The standard InChI is InChI=1S/C18H28N4O/c1-3-4-6-18(19-20-18)7-5-16(23)22-14-10-17(11-15-22)8-12-21(2)13-9-17/h1H,4-15H2,2H3. The second kappa shape index (κ2) is 6.60. The van der Waals surface area contributed by atoms with Gasteiger partial charge in [0.15, 0.2) is 5.66 Å². The smallest absolute Gasteiger partial charge is 0.222 e. The molecule has 3 heterocycles. The third kappa shape index (κ3) is 3.92. The third-order valence-corrected chi connectivity index (χ3v) is 6.02. The van der Waals surface area contributed by atoms with E-state index in [-0.39, 0.29) is 11.6 Å². The van der Waals surface area contributed by atoms with Crippen molar-refractivity contribution in [3.05, 3.63) is 0 Å². The van der Waals surface area contributed by atoms with E-state index in [1.54, 1.807) is 0 Å². The summed E-state index contributed by atoms with van der Waals surface area (Å²) in [6, 6.07) is 0. The minimum atomic E-state index is -0.326. The van der Waals surface area contributed by atoms with Gasteiger partial charge in [-0.25, -0.2) is 0 Å². The van der Waals surface area contributed by atoms with Gasteiger partial charge in [0.05, 0.1) is 0 Å². The number of amides is 1. The summed E-state index contributed by atoms with van der Waals surface area (Å²) in [5, 5.41) is 8.24. The van der Waals surface area contributed by atoms with Crippen LogP contribution in [0.2, 0.25) is 0 Å². The molecular formula is C18H28N4O. The van der Waals surface area contributed by atoms with Crippen LogP contribution in [0.3, 0.4) is 0 Å². The normalized spacial score (nSPS) is 25.3. The molecule has 23 heavy (non-hydrogen) atoms. The fourth-order valence-corrected chi connectivity index (χ4v) is 3.96. The number of likely N-dealkylation sites (tertiary alicyclic amines) is 2. The van der Waals surface area contributed by atoms with E-state index in [9.17, 15) is 4.79 Å². The summed E-state index contributed by atoms with van der Waals surface area (Å²) in [4.78, 5) is 16.9. The van der Waals surface area contributed by atoms with Crippen molar-refractivity contribution >= 4 is 5.91 Å². The van der Waals surface area contributed by atoms with Crippen molar-refractivity contribution in [1.29, 1.82) is 0 Å². The Morgan fingerprint density at radius 2 is 1.70 bits per heavy atom. The predicted molar refractivity (Wildman–Crippen MR) is 89.9 cm³/mol. The molecule has 0 atom stereocenters. The molecule has 1 amide bonds. The summed E-state index contributed by atoms with van der Waals surface area (Å²) >= 11 is 0. The highest BCUT2D eigenvalue weighted by molar-refractivity contribution is 5.76. The Kier molecular flexibility index (Phi) is 4.72. The molecule has 5 nitrogen and oxygen atoms in total. The van der Waals surface area contributed by atoms with E-state index in [0.29, 0.717) is 18.3 Å². The Bertz CT molecular complexity index is 498. The van der Waals surface area contributed by atoms with Crippen molar-refractivity contribution in [1.82, 2.24) is 9.80 Å². The first-order chi connectivity index (χ1) is 11.1. The molecule has 0 bridgehead atoms. The molecule has 0 unspecified atom stereocenters. The maximum absolute atomic E-state index is 12.5. The number of hydrogen-bond acceptors (Lipinski definition) is 4. The Morgan fingerprint density at radius 1 is 1.09 bits per heavy atom. The summed E-state index contributed by atoms with van der Waals surface area (Å²) in [7, 11) is 2.20. The van der Waals surface area contributed by atoms with E-state index < -0.39 is 0 Å². The molecule has 3 aliphatic heterocycles. The van der Waals surface area contributed by atoms with Crippen LogP contribution in [0.5, 0.6) is 0 Å². The molecule has 0 saturated carbocycles. The monoisotopic (exact) mass is 316 g/mol. The molecule has 3 rings (SSSR count). The first-order valence-electron chi connectivity index (χ1n) is 8.90. The number of hydrogen-bond donors (Lipinski definition) is 0. The lowest BCUT2D eigenvalue weighted by Gasteiger charge is -2.46. The SMILES string of the molecule is C#CCCC1(CCC(=O)N2CCC3(CCN(C)CC3)CC2)N=N1. The summed E-state index contributed by atoms with van der Waals surface area (Å²) in [6.07, 6.45) is 13.0. The molecule has 2 saturated heterocycles. The van der Waals surface area contributed by atoms with Crippen LogP contribution in [0.4, 0.5) is 0 Å². The van der Waals surface area contributed by atoms with Crippen LogP contribution in [-0.2, 0) is 4.79 Å². The highest BCUT2D eigenvalue weighted by Crippen LogP contribution is 2.41. The molecule has 2 fully saturated rings. The van der Waals surface area contributed by atoms with Gasteiger partial charge in [-0.05, 0) is 51.2 Å². The molecule has 0 aromatic rings. The van der Waals surface area contributed by atoms with Crippen LogP contribution in [0.25, 0.3) is 0 Å². The molecule has 0 radical (unpaired) electrons. The Labute approximate surface area is 139 Å². The van der Waals surface area contributed by atoms with Crippen molar-refractivity contribution in [2.45, 2.75) is 57.0 Å². The zero-order valence-electron chi connectivity index (χ0n) is 14.3. The molecule has 3 aliphatic rings. The van der Waals surface area contributed by atoms with Gasteiger partial charge in [0.1, 0.15) is 0 Å². The van der Waals surface area contributed by atoms with Crippen molar-refractivity contribution in [2.24, 2.45) is 15.6 Å². The van der Waals surface area contributed by atoms with Crippen LogP contribution in [0.15, 0.2) is 10.2 Å². The summed E-state index contributed by atoms with van der Waals surface area (Å²) in [6.45, 7) is 4.26. The highest BCUT2D eigenvalue weighted by atomic mass is 16.2. The van der Waals surface area contributed by atoms with Crippen LogP contribution < -0.4 is 0 Å². The van der Waals surface area contributed by atoms with Crippen molar-refractivity contribution in [3.63, 3.8) is 0 Å². The second-order valence-corrected chi connectivity index (χ2v) is 7.57. The number of nitrogens with zero attached hydrogens (tertiary/aromatic N) is 4. The third-order valence-electron chi connectivity index (χ3n) is 6.02. The minimum absolute atomic E-state index is 0.269. The topological polar surface area (TPSA) is 48.3 Å². The van der Waals surface area contributed by atoms with Gasteiger partial charge in [-0.3, -0.25) is 4.79 Å². The van der Waals surface area contributed by atoms with Gasteiger partial charge in [-0.2, -0.15) is 10.2 Å². The van der Waals surface area contributed by atoms with Gasteiger partial charge in [0.2, 0.25) is 5.91 Å². The quantitative estimate of drug-likeness (QED) is 0.732. The van der Waals surface area contributed by atoms with Crippen LogP contribution in [0, 0.1) is 17.8 Å². The summed E-state index contributed by atoms with van der Waals surface area (Å²) in [5.41, 5.74) is 0.172. The van der Waals surface area contributed by atoms with Crippen LogP contribution in [0.1, 0.15) is 51.4 Å². The Hall–Kier alpha value is -1.41. The first kappa shape index (κ1) is 16.4. The molecule has 0 N–H and O–H groups in total. The first-order valence-corrected chi connectivity index (χ1v) is 8.90. The molecule has 1 spiro atoms. The second-order valence-electron chi connectivity index (χ2n) is 7.57. The number of piperidine rings is 2. The van der Waals surface area contributed by atoms with Gasteiger partial charge >= 0.3 is 0 Å². The summed E-state index contributed by atoms with van der Waals surface area (Å²) < 4.78 is 0. The zero-order valence-corrected chi connectivity index (χ0v) is 14.3. The van der Waals surface area contributed by atoms with Gasteiger partial charge in [0, 0.05) is 38.8 Å². The number of carbonyl (C=O) groups is 1. The van der Waals surface area contributed by atoms with Crippen molar-refractivity contribution in [3.8, 4) is 12.3 Å². The van der Waals surface area contributed by atoms with E-state index in [4.69, 9.17) is 6.42 Å². The van der Waals surface area contributed by atoms with Crippen LogP contribution in [-0.4, -0.2) is 54.6 Å². The average Bonchev–Trinajstić information content (AvgIpc) is 3.35. The largest absolute Gasteiger partial charge is 0.343 e. The number of rotatable bonds is 5. The fraction of sp³-hybridized carbons (Fsp3) is 0.833. The molecule has 0 aromatic carbocycles. The predicted octanol–water partition coefficient (Wildman–Crippen LogP) is 2.68. The van der Waals surface area contributed by atoms with E-state index in [0.717, 1.165) is 25.9 Å². The fourth-order valence-electron chi connectivity index (χ4n) is 3.96. The maximum Gasteiger partial charge on any atom is 0.222 e. The Morgan fingerprint density at radius 3 is 2.26 bits per heavy atom. The summed E-state index contributed by atoms with van der Waals surface area (Å²) in [5.74, 6) is 2.90.